The van der Waals surface area contributed by atoms with Crippen molar-refractivity contribution in [2.45, 2.75) is 19.4 Å². The molecule has 2 N–H and O–H groups in total. The van der Waals surface area contributed by atoms with Gasteiger partial charge in [0.25, 0.3) is 17.5 Å². The molecule has 0 aromatic heterocycles. The minimum absolute atomic E-state index is 0.115. The van der Waals surface area contributed by atoms with Gasteiger partial charge in [0.2, 0.25) is 0 Å². The van der Waals surface area contributed by atoms with E-state index in [4.69, 9.17) is 0 Å². The summed E-state index contributed by atoms with van der Waals surface area (Å²) in [7, 11) is 0. The Labute approximate surface area is 213 Å². The average molecular weight is 496 g/mol. The highest BCUT2D eigenvalue weighted by Crippen LogP contribution is 2.31. The smallest absolute Gasteiger partial charge is 0.280 e. The van der Waals surface area contributed by atoms with E-state index in [1.165, 1.54) is 24.3 Å². The van der Waals surface area contributed by atoms with Gasteiger partial charge in [0.1, 0.15) is 0 Å². The van der Waals surface area contributed by atoms with Gasteiger partial charge in [-0.3, -0.25) is 25.1 Å². The zero-order valence-electron chi connectivity index (χ0n) is 20.3. The lowest BCUT2D eigenvalue weighted by molar-refractivity contribution is -0.384. The monoisotopic (exact) mass is 495 g/mol. The summed E-state index contributed by atoms with van der Waals surface area (Å²) < 4.78 is 0. The number of hydrazine groups is 1. The maximum Gasteiger partial charge on any atom is 0.280 e. The van der Waals surface area contributed by atoms with Gasteiger partial charge < -0.3 is 5.11 Å². The third kappa shape index (κ3) is 5.24. The molecule has 0 spiro atoms. The summed E-state index contributed by atoms with van der Waals surface area (Å²) in [5, 5.41) is 24.0. The van der Waals surface area contributed by atoms with Crippen LogP contribution in [0.15, 0.2) is 103 Å². The van der Waals surface area contributed by atoms with E-state index in [1.54, 1.807) is 78.9 Å². The van der Waals surface area contributed by atoms with Crippen LogP contribution in [0.3, 0.4) is 0 Å². The largest absolute Gasteiger partial charge is 0.372 e. The number of aliphatic hydroxyl groups is 1. The second kappa shape index (κ2) is 10.4. The summed E-state index contributed by atoms with van der Waals surface area (Å²) in [5.74, 6) is -1.48. The van der Waals surface area contributed by atoms with E-state index in [0.29, 0.717) is 16.8 Å². The van der Waals surface area contributed by atoms with E-state index >= 15 is 0 Å². The molecule has 0 fully saturated rings. The third-order valence-corrected chi connectivity index (χ3v) is 6.02. The number of aryl methyl sites for hydroxylation is 2. The Morgan fingerprint density at radius 3 is 1.73 bits per heavy atom. The van der Waals surface area contributed by atoms with Crippen LogP contribution in [-0.2, 0) is 10.4 Å². The summed E-state index contributed by atoms with van der Waals surface area (Å²) in [6.07, 6.45) is 0. The van der Waals surface area contributed by atoms with Gasteiger partial charge >= 0.3 is 0 Å². The Balaban J connectivity index is 1.77. The molecule has 37 heavy (non-hydrogen) atoms. The van der Waals surface area contributed by atoms with Gasteiger partial charge in [0, 0.05) is 17.7 Å². The van der Waals surface area contributed by atoms with Crippen molar-refractivity contribution in [2.24, 2.45) is 0 Å². The van der Waals surface area contributed by atoms with Crippen LogP contribution in [-0.4, -0.2) is 21.8 Å². The number of rotatable bonds is 6. The van der Waals surface area contributed by atoms with Crippen LogP contribution in [0.25, 0.3) is 0 Å². The van der Waals surface area contributed by atoms with E-state index in [0.717, 1.165) is 16.1 Å². The second-order valence-electron chi connectivity index (χ2n) is 8.66. The lowest BCUT2D eigenvalue weighted by Gasteiger charge is -2.32. The molecule has 186 valence electrons. The SMILES string of the molecule is Cc1ccc(C(O)(C(=O)NN(C(=O)c2ccc([N+](=O)[O-])cc2)c2ccccc2)c2ccc(C)cc2)cc1. The van der Waals surface area contributed by atoms with Crippen LogP contribution in [0.1, 0.15) is 32.6 Å². The van der Waals surface area contributed by atoms with Crippen molar-refractivity contribution < 1.29 is 19.6 Å². The van der Waals surface area contributed by atoms with Crippen molar-refractivity contribution in [1.29, 1.82) is 0 Å². The van der Waals surface area contributed by atoms with Crippen molar-refractivity contribution in [3.05, 3.63) is 141 Å². The molecular formula is C29H25N3O5. The van der Waals surface area contributed by atoms with Gasteiger partial charge in [0.15, 0.2) is 5.60 Å². The van der Waals surface area contributed by atoms with Gasteiger partial charge in [-0.2, -0.15) is 0 Å². The minimum Gasteiger partial charge on any atom is -0.372 e. The highest BCUT2D eigenvalue weighted by atomic mass is 16.6. The molecule has 8 heteroatoms. The summed E-state index contributed by atoms with van der Waals surface area (Å²) in [4.78, 5) is 37.8. The molecular weight excluding hydrogens is 470 g/mol. The van der Waals surface area contributed by atoms with E-state index in [1.807, 2.05) is 13.8 Å². The number of anilines is 1. The number of carbonyl (C=O) groups excluding carboxylic acids is 2. The number of hydrogen-bond acceptors (Lipinski definition) is 5. The first kappa shape index (κ1) is 25.3. The molecule has 0 atom stereocenters. The van der Waals surface area contributed by atoms with Crippen molar-refractivity contribution >= 4 is 23.2 Å². The molecule has 4 aromatic rings. The van der Waals surface area contributed by atoms with Crippen LogP contribution >= 0.6 is 0 Å². The Morgan fingerprint density at radius 1 is 0.784 bits per heavy atom. The molecule has 0 radical (unpaired) electrons. The molecule has 0 aliphatic carbocycles. The van der Waals surface area contributed by atoms with E-state index in [-0.39, 0.29) is 11.3 Å². The fraction of sp³-hybridized carbons (Fsp3) is 0.103. The molecule has 8 nitrogen and oxygen atoms in total. The summed E-state index contributed by atoms with van der Waals surface area (Å²) in [6, 6.07) is 27.3. The van der Waals surface area contributed by atoms with Crippen molar-refractivity contribution in [3.8, 4) is 0 Å². The molecule has 2 amide bonds. The topological polar surface area (TPSA) is 113 Å². The molecule has 0 aliphatic heterocycles. The van der Waals surface area contributed by atoms with Crippen molar-refractivity contribution in [3.63, 3.8) is 0 Å². The molecule has 0 saturated heterocycles. The van der Waals surface area contributed by atoms with E-state index < -0.39 is 22.3 Å². The Hall–Kier alpha value is -4.82. The third-order valence-electron chi connectivity index (χ3n) is 6.02. The normalized spacial score (nSPS) is 11.0. The molecule has 0 unspecified atom stereocenters. The fourth-order valence-electron chi connectivity index (χ4n) is 3.87. The molecule has 0 bridgehead atoms. The zero-order chi connectivity index (χ0) is 26.6. The lowest BCUT2D eigenvalue weighted by atomic mass is 9.85. The number of nitro benzene ring substituents is 1. The predicted octanol–water partition coefficient (Wildman–Crippen LogP) is 4.83. The van der Waals surface area contributed by atoms with Crippen LogP contribution in [0.5, 0.6) is 0 Å². The second-order valence-corrected chi connectivity index (χ2v) is 8.66. The van der Waals surface area contributed by atoms with E-state index in [2.05, 4.69) is 5.43 Å². The van der Waals surface area contributed by atoms with Crippen molar-refractivity contribution in [2.75, 3.05) is 5.01 Å². The highest BCUT2D eigenvalue weighted by molar-refractivity contribution is 6.08. The Morgan fingerprint density at radius 2 is 1.27 bits per heavy atom. The number of amides is 2. The Bertz CT molecular complexity index is 1370. The lowest BCUT2D eigenvalue weighted by Crippen LogP contribution is -2.54. The minimum atomic E-state index is -2.12. The van der Waals surface area contributed by atoms with Gasteiger partial charge in [0.05, 0.1) is 10.6 Å². The van der Waals surface area contributed by atoms with Crippen LogP contribution in [0, 0.1) is 24.0 Å². The summed E-state index contributed by atoms with van der Waals surface area (Å²) in [6.45, 7) is 3.80. The fourth-order valence-corrected chi connectivity index (χ4v) is 3.87. The van der Waals surface area contributed by atoms with Crippen LogP contribution in [0.2, 0.25) is 0 Å². The van der Waals surface area contributed by atoms with Crippen molar-refractivity contribution in [1.82, 2.24) is 5.43 Å². The first-order chi connectivity index (χ1) is 17.7. The molecule has 0 aliphatic rings. The quantitative estimate of drug-likeness (QED) is 0.294. The van der Waals surface area contributed by atoms with Crippen LogP contribution < -0.4 is 10.4 Å². The number of nitro groups is 1. The number of benzene rings is 4. The number of nitrogens with zero attached hydrogens (tertiary/aromatic N) is 2. The number of hydrogen-bond donors (Lipinski definition) is 2. The van der Waals surface area contributed by atoms with Gasteiger partial charge in [-0.05, 0) is 49.2 Å². The molecule has 4 aromatic carbocycles. The number of para-hydroxylation sites is 1. The van der Waals surface area contributed by atoms with Gasteiger partial charge in [-0.1, -0.05) is 77.9 Å². The molecule has 4 rings (SSSR count). The number of nitrogens with one attached hydrogen (secondary N) is 1. The molecule has 0 saturated carbocycles. The summed E-state index contributed by atoms with van der Waals surface area (Å²) >= 11 is 0. The summed E-state index contributed by atoms with van der Waals surface area (Å²) in [5.41, 5.74) is 3.33. The zero-order valence-corrected chi connectivity index (χ0v) is 20.3. The maximum absolute atomic E-state index is 13.9. The van der Waals surface area contributed by atoms with Gasteiger partial charge in [-0.15, -0.1) is 0 Å². The Kier molecular flexibility index (Phi) is 7.13. The predicted molar refractivity (Wildman–Crippen MR) is 140 cm³/mol. The number of non-ortho nitro benzene ring substituents is 1. The first-order valence-corrected chi connectivity index (χ1v) is 11.5. The van der Waals surface area contributed by atoms with Crippen LogP contribution in [0.4, 0.5) is 11.4 Å². The molecule has 0 heterocycles. The van der Waals surface area contributed by atoms with E-state index in [9.17, 15) is 24.8 Å². The highest BCUT2D eigenvalue weighted by Gasteiger charge is 2.41. The number of carbonyl (C=O) groups is 2. The average Bonchev–Trinajstić information content (AvgIpc) is 2.92. The van der Waals surface area contributed by atoms with Gasteiger partial charge in [-0.25, -0.2) is 5.01 Å². The first-order valence-electron chi connectivity index (χ1n) is 11.5. The maximum atomic E-state index is 13.9. The standard InChI is InChI=1S/C29H25N3O5/c1-20-8-14-23(15-9-20)29(35,24-16-10-21(2)11-17-24)28(34)30-31(25-6-4-3-5-7-25)27(33)22-12-18-26(19-13-22)32(36)37/h3-19,35H,1-2H3,(H,30,34).